The van der Waals surface area contributed by atoms with Crippen molar-refractivity contribution >= 4 is 11.0 Å². The molecule has 0 saturated carbocycles. The maximum absolute atomic E-state index is 11.9. The Balaban J connectivity index is 1.89. The predicted octanol–water partition coefficient (Wildman–Crippen LogP) is 2.09. The van der Waals surface area contributed by atoms with Crippen molar-refractivity contribution in [1.29, 1.82) is 0 Å². The van der Waals surface area contributed by atoms with Gasteiger partial charge in [-0.2, -0.15) is 0 Å². The second-order valence-corrected chi connectivity index (χ2v) is 5.71. The van der Waals surface area contributed by atoms with E-state index in [9.17, 15) is 4.79 Å². The third kappa shape index (κ3) is 2.74. The van der Waals surface area contributed by atoms with Crippen LogP contribution < -0.4 is 15.7 Å². The van der Waals surface area contributed by atoms with E-state index in [-0.39, 0.29) is 11.7 Å². The summed E-state index contributed by atoms with van der Waals surface area (Å²) in [4.78, 5) is 11.9. The molecule has 1 N–H and O–H groups in total. The molecule has 1 fully saturated rings. The van der Waals surface area contributed by atoms with Crippen molar-refractivity contribution < 1.29 is 13.9 Å². The molecule has 22 heavy (non-hydrogen) atoms. The summed E-state index contributed by atoms with van der Waals surface area (Å²) in [5, 5.41) is 4.23. The number of benzene rings is 1. The SMILES string of the molecule is Cc1c(C)c2ccc(OC[C@@H]3CNCCO3)c(C)c2oc1=O. The lowest BCUT2D eigenvalue weighted by atomic mass is 10.0. The zero-order chi connectivity index (χ0) is 15.7. The van der Waals surface area contributed by atoms with Crippen LogP contribution in [0, 0.1) is 20.8 Å². The second-order valence-electron chi connectivity index (χ2n) is 5.71. The van der Waals surface area contributed by atoms with Crippen LogP contribution in [0.3, 0.4) is 0 Å². The van der Waals surface area contributed by atoms with Crippen molar-refractivity contribution in [3.63, 3.8) is 0 Å². The average molecular weight is 303 g/mol. The fraction of sp³-hybridized carbons (Fsp3) is 0.471. The Morgan fingerprint density at radius 1 is 1.23 bits per heavy atom. The highest BCUT2D eigenvalue weighted by atomic mass is 16.5. The molecule has 0 aliphatic carbocycles. The van der Waals surface area contributed by atoms with Gasteiger partial charge in [0.15, 0.2) is 0 Å². The molecular formula is C17H21NO4. The number of rotatable bonds is 3. The highest BCUT2D eigenvalue weighted by molar-refractivity contribution is 5.85. The zero-order valence-corrected chi connectivity index (χ0v) is 13.2. The van der Waals surface area contributed by atoms with Gasteiger partial charge in [-0.1, -0.05) is 0 Å². The first kappa shape index (κ1) is 15.1. The molecule has 1 aromatic heterocycles. The van der Waals surface area contributed by atoms with Gasteiger partial charge >= 0.3 is 5.63 Å². The Hall–Kier alpha value is -1.85. The quantitative estimate of drug-likeness (QED) is 0.880. The molecule has 0 unspecified atom stereocenters. The number of nitrogens with one attached hydrogen (secondary N) is 1. The van der Waals surface area contributed by atoms with Crippen LogP contribution >= 0.6 is 0 Å². The summed E-state index contributed by atoms with van der Waals surface area (Å²) in [6.45, 7) is 8.50. The standard InChI is InChI=1S/C17H21NO4/c1-10-11(2)17(19)22-16-12(3)15(5-4-14(10)16)21-9-13-8-18-6-7-20-13/h4-5,13,18H,6-9H2,1-3H3/t13-/m0/s1. The van der Waals surface area contributed by atoms with Crippen molar-refractivity contribution in [3.8, 4) is 5.75 Å². The molecule has 5 heteroatoms. The van der Waals surface area contributed by atoms with Crippen molar-refractivity contribution in [2.45, 2.75) is 26.9 Å². The van der Waals surface area contributed by atoms with Crippen LogP contribution in [0.1, 0.15) is 16.7 Å². The predicted molar refractivity (Wildman–Crippen MR) is 84.8 cm³/mol. The number of aryl methyl sites for hydroxylation is 2. The van der Waals surface area contributed by atoms with E-state index >= 15 is 0 Å². The fourth-order valence-electron chi connectivity index (χ4n) is 2.69. The Morgan fingerprint density at radius 2 is 2.05 bits per heavy atom. The zero-order valence-electron chi connectivity index (χ0n) is 13.2. The normalized spacial score (nSPS) is 18.6. The van der Waals surface area contributed by atoms with Crippen LogP contribution in [-0.2, 0) is 4.74 Å². The van der Waals surface area contributed by atoms with Gasteiger partial charge in [0.05, 0.1) is 6.61 Å². The molecule has 0 amide bonds. The van der Waals surface area contributed by atoms with E-state index in [1.54, 1.807) is 6.92 Å². The van der Waals surface area contributed by atoms with E-state index in [2.05, 4.69) is 5.32 Å². The van der Waals surface area contributed by atoms with E-state index in [1.807, 2.05) is 26.0 Å². The van der Waals surface area contributed by atoms with Crippen LogP contribution in [0.15, 0.2) is 21.3 Å². The van der Waals surface area contributed by atoms with Gasteiger partial charge in [-0.25, -0.2) is 4.79 Å². The Morgan fingerprint density at radius 3 is 2.77 bits per heavy atom. The fourth-order valence-corrected chi connectivity index (χ4v) is 2.69. The van der Waals surface area contributed by atoms with Gasteiger partial charge in [0.25, 0.3) is 0 Å². The smallest absolute Gasteiger partial charge is 0.339 e. The Kier molecular flexibility index (Phi) is 4.18. The highest BCUT2D eigenvalue weighted by Crippen LogP contribution is 2.29. The lowest BCUT2D eigenvalue weighted by Gasteiger charge is -2.24. The van der Waals surface area contributed by atoms with Crippen LogP contribution in [0.25, 0.3) is 11.0 Å². The summed E-state index contributed by atoms with van der Waals surface area (Å²) in [5.41, 5.74) is 2.78. The van der Waals surface area contributed by atoms with Crippen LogP contribution in [-0.4, -0.2) is 32.4 Å². The van der Waals surface area contributed by atoms with Gasteiger partial charge < -0.3 is 19.2 Å². The summed E-state index contributed by atoms with van der Waals surface area (Å²) < 4.78 is 16.9. The molecule has 5 nitrogen and oxygen atoms in total. The van der Waals surface area contributed by atoms with Gasteiger partial charge in [-0.15, -0.1) is 0 Å². The van der Waals surface area contributed by atoms with Gasteiger partial charge in [-0.3, -0.25) is 0 Å². The van der Waals surface area contributed by atoms with Gasteiger partial charge in [0.2, 0.25) is 0 Å². The topological polar surface area (TPSA) is 60.7 Å². The van der Waals surface area contributed by atoms with Crippen molar-refractivity contribution in [3.05, 3.63) is 39.2 Å². The first-order chi connectivity index (χ1) is 10.6. The molecule has 2 aromatic rings. The molecule has 0 bridgehead atoms. The average Bonchev–Trinajstić information content (AvgIpc) is 2.54. The molecule has 3 rings (SSSR count). The number of hydrogen-bond acceptors (Lipinski definition) is 5. The summed E-state index contributed by atoms with van der Waals surface area (Å²) in [7, 11) is 0. The molecular weight excluding hydrogens is 282 g/mol. The third-order valence-electron chi connectivity index (χ3n) is 4.25. The minimum Gasteiger partial charge on any atom is -0.490 e. The van der Waals surface area contributed by atoms with E-state index in [0.717, 1.165) is 35.4 Å². The molecule has 1 aliphatic heterocycles. The van der Waals surface area contributed by atoms with Crippen LogP contribution in [0.5, 0.6) is 5.75 Å². The third-order valence-corrected chi connectivity index (χ3v) is 4.25. The van der Waals surface area contributed by atoms with E-state index in [1.165, 1.54) is 0 Å². The Labute approximate surface area is 129 Å². The van der Waals surface area contributed by atoms with Gasteiger partial charge in [-0.05, 0) is 38.5 Å². The van der Waals surface area contributed by atoms with E-state index in [4.69, 9.17) is 13.9 Å². The Bertz CT molecular complexity index is 744. The largest absolute Gasteiger partial charge is 0.490 e. The lowest BCUT2D eigenvalue weighted by molar-refractivity contribution is 0.0000792. The van der Waals surface area contributed by atoms with Gasteiger partial charge in [0, 0.05) is 29.6 Å². The first-order valence-electron chi connectivity index (χ1n) is 7.56. The maximum Gasteiger partial charge on any atom is 0.339 e. The number of hydrogen-bond donors (Lipinski definition) is 1. The second kappa shape index (κ2) is 6.10. The molecule has 0 spiro atoms. The summed E-state index contributed by atoms with van der Waals surface area (Å²) in [6.07, 6.45) is 0.0515. The molecule has 1 aromatic carbocycles. The van der Waals surface area contributed by atoms with Crippen LogP contribution in [0.4, 0.5) is 0 Å². The number of morpholine rings is 1. The van der Waals surface area contributed by atoms with Crippen molar-refractivity contribution in [2.75, 3.05) is 26.3 Å². The van der Waals surface area contributed by atoms with Crippen LogP contribution in [0.2, 0.25) is 0 Å². The minimum absolute atomic E-state index is 0.0515. The first-order valence-corrected chi connectivity index (χ1v) is 7.56. The van der Waals surface area contributed by atoms with E-state index in [0.29, 0.717) is 24.4 Å². The lowest BCUT2D eigenvalue weighted by Crippen LogP contribution is -2.41. The van der Waals surface area contributed by atoms with Gasteiger partial charge in [0.1, 0.15) is 24.0 Å². The number of fused-ring (bicyclic) bond motifs is 1. The maximum atomic E-state index is 11.9. The molecule has 118 valence electrons. The highest BCUT2D eigenvalue weighted by Gasteiger charge is 2.16. The number of ether oxygens (including phenoxy) is 2. The van der Waals surface area contributed by atoms with Crippen molar-refractivity contribution in [2.24, 2.45) is 0 Å². The minimum atomic E-state index is -0.287. The molecule has 1 saturated heterocycles. The molecule has 1 atom stereocenters. The molecule has 2 heterocycles. The summed E-state index contributed by atoms with van der Waals surface area (Å²) >= 11 is 0. The molecule has 1 aliphatic rings. The van der Waals surface area contributed by atoms with E-state index < -0.39 is 0 Å². The monoisotopic (exact) mass is 303 g/mol. The summed E-state index contributed by atoms with van der Waals surface area (Å²) in [5.74, 6) is 0.730. The van der Waals surface area contributed by atoms with Crippen molar-refractivity contribution in [1.82, 2.24) is 5.32 Å². The summed E-state index contributed by atoms with van der Waals surface area (Å²) in [6, 6.07) is 3.88. The molecule has 0 radical (unpaired) electrons.